The summed E-state index contributed by atoms with van der Waals surface area (Å²) in [5.41, 5.74) is 1.55. The van der Waals surface area contributed by atoms with Gasteiger partial charge in [-0.1, -0.05) is 0 Å². The number of halogens is 2. The number of hydrogen-bond donors (Lipinski definition) is 2. The number of benzene rings is 1. The van der Waals surface area contributed by atoms with Crippen LogP contribution in [0.4, 0.5) is 5.69 Å². The Labute approximate surface area is 150 Å². The number of hydrogen-bond acceptors (Lipinski definition) is 4. The second kappa shape index (κ2) is 7.06. The number of nitrogens with one attached hydrogen (secondary N) is 2. The van der Waals surface area contributed by atoms with E-state index in [9.17, 15) is 13.2 Å². The maximum Gasteiger partial charge on any atom is 0.244 e. The van der Waals surface area contributed by atoms with E-state index in [2.05, 4.69) is 26.6 Å². The summed E-state index contributed by atoms with van der Waals surface area (Å²) in [7, 11) is -2.00. The molecule has 1 unspecified atom stereocenters. The summed E-state index contributed by atoms with van der Waals surface area (Å²) in [6, 6.07) is 3.31. The van der Waals surface area contributed by atoms with Gasteiger partial charge in [-0.15, -0.1) is 12.4 Å². The van der Waals surface area contributed by atoms with Crippen LogP contribution in [-0.4, -0.2) is 44.8 Å². The Bertz CT molecular complexity index is 720. The van der Waals surface area contributed by atoms with E-state index in [1.54, 1.807) is 19.2 Å². The number of anilines is 1. The van der Waals surface area contributed by atoms with Crippen LogP contribution in [0.3, 0.4) is 0 Å². The Balaban J connectivity index is 0.00000192. The van der Waals surface area contributed by atoms with E-state index in [-0.39, 0.29) is 29.3 Å². The monoisotopic (exact) mass is 423 g/mol. The van der Waals surface area contributed by atoms with Gasteiger partial charge in [-0.2, -0.15) is 4.31 Å². The van der Waals surface area contributed by atoms with Crippen molar-refractivity contribution in [3.8, 4) is 0 Å². The molecule has 1 amide bonds. The molecule has 1 saturated heterocycles. The Morgan fingerprint density at radius 3 is 2.70 bits per heavy atom. The van der Waals surface area contributed by atoms with Crippen LogP contribution in [-0.2, 0) is 21.2 Å². The van der Waals surface area contributed by atoms with Crippen molar-refractivity contribution in [2.45, 2.75) is 30.2 Å². The van der Waals surface area contributed by atoms with Crippen molar-refractivity contribution < 1.29 is 13.2 Å². The van der Waals surface area contributed by atoms with Crippen LogP contribution in [0, 0.1) is 0 Å². The van der Waals surface area contributed by atoms with E-state index in [0.29, 0.717) is 29.5 Å². The van der Waals surface area contributed by atoms with Gasteiger partial charge >= 0.3 is 0 Å². The molecule has 6 nitrogen and oxygen atoms in total. The first-order valence-electron chi connectivity index (χ1n) is 7.20. The van der Waals surface area contributed by atoms with Crippen molar-refractivity contribution in [1.29, 1.82) is 0 Å². The number of likely N-dealkylation sites (N-methyl/N-ethyl adjacent to an activating group) is 1. The van der Waals surface area contributed by atoms with Crippen LogP contribution < -0.4 is 10.6 Å². The van der Waals surface area contributed by atoms with Crippen molar-refractivity contribution in [1.82, 2.24) is 9.62 Å². The predicted molar refractivity (Wildman–Crippen MR) is 94.6 cm³/mol. The number of nitrogens with zero attached hydrogens (tertiary/aromatic N) is 1. The Morgan fingerprint density at radius 1 is 1.30 bits per heavy atom. The molecular formula is C14H19BrClN3O3S. The smallest absolute Gasteiger partial charge is 0.244 e. The van der Waals surface area contributed by atoms with Gasteiger partial charge in [-0.05, 0) is 53.0 Å². The van der Waals surface area contributed by atoms with Crippen LogP contribution >= 0.6 is 28.3 Å². The molecule has 2 heterocycles. The lowest BCUT2D eigenvalue weighted by Gasteiger charge is -2.25. The molecule has 0 aromatic heterocycles. The predicted octanol–water partition coefficient (Wildman–Crippen LogP) is 1.74. The Morgan fingerprint density at radius 2 is 2.04 bits per heavy atom. The molecule has 0 aliphatic carbocycles. The van der Waals surface area contributed by atoms with Crippen molar-refractivity contribution in [3.63, 3.8) is 0 Å². The van der Waals surface area contributed by atoms with Crippen molar-refractivity contribution in [2.75, 3.05) is 25.5 Å². The molecule has 1 fully saturated rings. The molecule has 3 rings (SSSR count). The molecule has 2 N–H and O–H groups in total. The summed E-state index contributed by atoms with van der Waals surface area (Å²) in [4.78, 5) is 11.7. The summed E-state index contributed by atoms with van der Waals surface area (Å²) >= 11 is 3.37. The van der Waals surface area contributed by atoms with E-state index in [1.807, 2.05) is 0 Å². The first-order chi connectivity index (χ1) is 10.4. The molecule has 0 radical (unpaired) electrons. The molecule has 1 aromatic carbocycles. The molecule has 1 aromatic rings. The Hall–Kier alpha value is -0.670. The summed E-state index contributed by atoms with van der Waals surface area (Å²) in [5.74, 6) is -0.0773. The zero-order chi connectivity index (χ0) is 15.9. The lowest BCUT2D eigenvalue weighted by Crippen LogP contribution is -2.38. The number of sulfonamides is 1. The highest BCUT2D eigenvalue weighted by molar-refractivity contribution is 9.10. The summed E-state index contributed by atoms with van der Waals surface area (Å²) in [5, 5.41) is 5.93. The number of fused-ring (bicyclic) bond motifs is 1. The van der Waals surface area contributed by atoms with Crippen LogP contribution in [0.25, 0.3) is 0 Å². The van der Waals surface area contributed by atoms with E-state index < -0.39 is 10.0 Å². The molecule has 23 heavy (non-hydrogen) atoms. The average Bonchev–Trinajstić information content (AvgIpc) is 3.00. The van der Waals surface area contributed by atoms with Gasteiger partial charge in [0, 0.05) is 36.2 Å². The van der Waals surface area contributed by atoms with Gasteiger partial charge in [0.15, 0.2) is 0 Å². The van der Waals surface area contributed by atoms with Gasteiger partial charge < -0.3 is 10.6 Å². The first-order valence-corrected chi connectivity index (χ1v) is 9.44. The largest absolute Gasteiger partial charge is 0.326 e. The number of amides is 1. The topological polar surface area (TPSA) is 78.5 Å². The second-order valence-electron chi connectivity index (χ2n) is 5.66. The summed E-state index contributed by atoms with van der Waals surface area (Å²) in [6.45, 7) is 1.49. The van der Waals surface area contributed by atoms with E-state index in [1.165, 1.54) is 4.31 Å². The maximum atomic E-state index is 12.9. The molecular weight excluding hydrogens is 406 g/mol. The van der Waals surface area contributed by atoms with Crippen LogP contribution in [0.2, 0.25) is 0 Å². The third-order valence-electron chi connectivity index (χ3n) is 4.26. The minimum atomic E-state index is -3.61. The highest BCUT2D eigenvalue weighted by Crippen LogP contribution is 2.34. The van der Waals surface area contributed by atoms with Crippen molar-refractivity contribution in [2.24, 2.45) is 0 Å². The zero-order valence-electron chi connectivity index (χ0n) is 12.6. The molecule has 0 bridgehead atoms. The van der Waals surface area contributed by atoms with Crippen molar-refractivity contribution in [3.05, 3.63) is 22.2 Å². The molecule has 2 aliphatic heterocycles. The van der Waals surface area contributed by atoms with E-state index >= 15 is 0 Å². The number of rotatable bonds is 3. The summed E-state index contributed by atoms with van der Waals surface area (Å²) in [6.07, 6.45) is 1.86. The molecule has 2 aliphatic rings. The molecule has 1 atom stereocenters. The van der Waals surface area contributed by atoms with E-state index in [0.717, 1.165) is 18.5 Å². The number of carbonyl (C=O) groups is 1. The van der Waals surface area contributed by atoms with E-state index in [4.69, 9.17) is 0 Å². The lowest BCUT2D eigenvalue weighted by atomic mass is 10.0. The standard InChI is InChI=1S/C14H18BrN3O3S.ClH/c1-18(10-4-5-16-8-10)22(20,21)13-7-12-9(6-11(13)15)2-3-14(19)17-12;/h6-7,10,16H,2-5,8H2,1H3,(H,17,19);1H. The first kappa shape index (κ1) is 18.7. The van der Waals surface area contributed by atoms with Gasteiger partial charge in [0.05, 0.1) is 4.90 Å². The molecule has 9 heteroatoms. The fourth-order valence-corrected chi connectivity index (χ4v) is 5.34. The fraction of sp³-hybridized carbons (Fsp3) is 0.500. The minimum absolute atomic E-state index is 0. The summed E-state index contributed by atoms with van der Waals surface area (Å²) < 4.78 is 27.7. The Kier molecular flexibility index (Phi) is 5.73. The quantitative estimate of drug-likeness (QED) is 0.775. The van der Waals surface area contributed by atoms with Crippen LogP contribution in [0.5, 0.6) is 0 Å². The number of carbonyl (C=O) groups excluding carboxylic acids is 1. The van der Waals surface area contributed by atoms with Gasteiger partial charge in [0.25, 0.3) is 0 Å². The average molecular weight is 425 g/mol. The third kappa shape index (κ3) is 3.56. The van der Waals surface area contributed by atoms with Gasteiger partial charge in [0.2, 0.25) is 15.9 Å². The van der Waals surface area contributed by atoms with Crippen LogP contribution in [0.15, 0.2) is 21.5 Å². The number of aryl methyl sites for hydroxylation is 1. The maximum absolute atomic E-state index is 12.9. The van der Waals surface area contributed by atoms with Crippen LogP contribution in [0.1, 0.15) is 18.4 Å². The zero-order valence-corrected chi connectivity index (χ0v) is 15.9. The molecule has 0 spiro atoms. The van der Waals surface area contributed by atoms with Gasteiger partial charge in [-0.3, -0.25) is 4.79 Å². The SMILES string of the molecule is CN(C1CCNC1)S(=O)(=O)c1cc2c(cc1Br)CCC(=O)N2.Cl. The highest BCUT2D eigenvalue weighted by Gasteiger charge is 2.32. The minimum Gasteiger partial charge on any atom is -0.326 e. The lowest BCUT2D eigenvalue weighted by molar-refractivity contribution is -0.116. The second-order valence-corrected chi connectivity index (χ2v) is 8.48. The van der Waals surface area contributed by atoms with Gasteiger partial charge in [-0.25, -0.2) is 8.42 Å². The molecule has 128 valence electrons. The third-order valence-corrected chi connectivity index (χ3v) is 7.13. The normalized spacial score (nSPS) is 20.8. The highest BCUT2D eigenvalue weighted by atomic mass is 79.9. The van der Waals surface area contributed by atoms with Gasteiger partial charge in [0.1, 0.15) is 0 Å². The molecule has 0 saturated carbocycles. The van der Waals surface area contributed by atoms with Crippen molar-refractivity contribution >= 4 is 50.0 Å². The fourth-order valence-electron chi connectivity index (χ4n) is 2.88.